The topological polar surface area (TPSA) is 33.4 Å². The predicted octanol–water partition coefficient (Wildman–Crippen LogP) is 3.41. The van der Waals surface area contributed by atoms with Gasteiger partial charge < -0.3 is 9.52 Å². The number of phenols is 1. The number of phenolic OH excluding ortho intramolecular Hbond substituents is 1. The normalized spacial score (nSPS) is 11.0. The number of rotatable bonds is 0. The lowest BCUT2D eigenvalue weighted by atomic mass is 10.1. The van der Waals surface area contributed by atoms with Crippen molar-refractivity contribution in [2.45, 2.75) is 13.8 Å². The zero-order valence-electron chi connectivity index (χ0n) is 7.39. The molecular weight excluding hydrogens is 188 g/mol. The summed E-state index contributed by atoms with van der Waals surface area (Å²) in [7, 11) is 0. The maximum Gasteiger partial charge on any atom is 0.176 e. The first-order valence-electron chi connectivity index (χ1n) is 3.98. The summed E-state index contributed by atoms with van der Waals surface area (Å²) in [6.07, 6.45) is 0. The Kier molecular flexibility index (Phi) is 1.74. The van der Waals surface area contributed by atoms with E-state index in [1.54, 1.807) is 6.07 Å². The van der Waals surface area contributed by atoms with E-state index in [1.165, 1.54) is 6.07 Å². The second-order valence-corrected chi connectivity index (χ2v) is 3.52. The molecule has 1 N–H and O–H groups in total. The van der Waals surface area contributed by atoms with Crippen LogP contribution in [-0.4, -0.2) is 5.11 Å². The molecule has 0 aliphatic rings. The van der Waals surface area contributed by atoms with Crippen LogP contribution < -0.4 is 0 Å². The van der Waals surface area contributed by atoms with E-state index in [2.05, 4.69) is 0 Å². The highest BCUT2D eigenvalue weighted by atomic mass is 35.5. The van der Waals surface area contributed by atoms with Crippen molar-refractivity contribution in [3.05, 3.63) is 28.5 Å². The van der Waals surface area contributed by atoms with E-state index in [9.17, 15) is 5.11 Å². The van der Waals surface area contributed by atoms with Gasteiger partial charge in [-0.1, -0.05) is 11.6 Å². The molecule has 0 spiro atoms. The lowest BCUT2D eigenvalue weighted by Gasteiger charge is -1.94. The molecule has 1 aromatic heterocycles. The van der Waals surface area contributed by atoms with E-state index in [0.29, 0.717) is 10.6 Å². The fourth-order valence-electron chi connectivity index (χ4n) is 1.38. The molecule has 0 aliphatic carbocycles. The van der Waals surface area contributed by atoms with Crippen LogP contribution in [0.4, 0.5) is 0 Å². The number of halogens is 1. The number of aryl methyl sites for hydroxylation is 2. The summed E-state index contributed by atoms with van der Waals surface area (Å²) in [6.45, 7) is 3.81. The maximum atomic E-state index is 9.51. The molecule has 0 aliphatic heterocycles. The summed E-state index contributed by atoms with van der Waals surface area (Å²) in [5.74, 6) is 0.909. The van der Waals surface area contributed by atoms with Crippen LogP contribution in [0.25, 0.3) is 11.0 Å². The summed E-state index contributed by atoms with van der Waals surface area (Å²) in [4.78, 5) is 0. The van der Waals surface area contributed by atoms with E-state index in [4.69, 9.17) is 16.0 Å². The summed E-state index contributed by atoms with van der Waals surface area (Å²) in [6, 6.07) is 3.27. The Labute approximate surface area is 80.7 Å². The number of hydrogen-bond donors (Lipinski definition) is 1. The Bertz CT molecular complexity index is 471. The Hall–Kier alpha value is -1.15. The van der Waals surface area contributed by atoms with Crippen LogP contribution in [0.2, 0.25) is 5.02 Å². The molecule has 2 nitrogen and oxygen atoms in total. The Balaban J connectivity index is 2.94. The molecule has 0 radical (unpaired) electrons. The molecule has 0 bridgehead atoms. The summed E-state index contributed by atoms with van der Waals surface area (Å²) < 4.78 is 5.38. The molecule has 0 fully saturated rings. The van der Waals surface area contributed by atoms with Crippen molar-refractivity contribution < 1.29 is 9.52 Å². The molecule has 0 saturated carbocycles. The number of furan rings is 1. The molecule has 0 unspecified atom stereocenters. The molecule has 3 heteroatoms. The van der Waals surface area contributed by atoms with Crippen molar-refractivity contribution in [3.63, 3.8) is 0 Å². The number of aromatic hydroxyl groups is 1. The average molecular weight is 197 g/mol. The van der Waals surface area contributed by atoms with E-state index in [-0.39, 0.29) is 5.75 Å². The smallest absolute Gasteiger partial charge is 0.176 e. The fourth-order valence-corrected chi connectivity index (χ4v) is 1.60. The third-order valence-corrected chi connectivity index (χ3v) is 2.44. The molecule has 2 aromatic rings. The van der Waals surface area contributed by atoms with Crippen molar-refractivity contribution in [3.8, 4) is 5.75 Å². The molecule has 2 rings (SSSR count). The summed E-state index contributed by atoms with van der Waals surface area (Å²) in [5.41, 5.74) is 1.53. The van der Waals surface area contributed by atoms with Gasteiger partial charge in [0.2, 0.25) is 0 Å². The molecule has 13 heavy (non-hydrogen) atoms. The second kappa shape index (κ2) is 2.67. The van der Waals surface area contributed by atoms with Crippen LogP contribution in [0.15, 0.2) is 16.5 Å². The standard InChI is InChI=1S/C10H9ClO2/c1-5-6(2)13-10-8(5)3-7(11)4-9(10)12/h3-4,12H,1-2H3. The first kappa shape index (κ1) is 8.45. The predicted molar refractivity (Wildman–Crippen MR) is 52.4 cm³/mol. The Morgan fingerprint density at radius 2 is 2.00 bits per heavy atom. The third kappa shape index (κ3) is 1.18. The van der Waals surface area contributed by atoms with E-state index in [0.717, 1.165) is 16.7 Å². The van der Waals surface area contributed by atoms with Gasteiger partial charge in [-0.05, 0) is 25.5 Å². The molecule has 1 heterocycles. The maximum absolute atomic E-state index is 9.51. The first-order valence-corrected chi connectivity index (χ1v) is 4.35. The van der Waals surface area contributed by atoms with Gasteiger partial charge in [0.25, 0.3) is 0 Å². The number of hydrogen-bond acceptors (Lipinski definition) is 2. The number of fused-ring (bicyclic) bond motifs is 1. The molecule has 68 valence electrons. The van der Waals surface area contributed by atoms with Gasteiger partial charge >= 0.3 is 0 Å². The largest absolute Gasteiger partial charge is 0.504 e. The van der Waals surface area contributed by atoms with Gasteiger partial charge in [-0.3, -0.25) is 0 Å². The van der Waals surface area contributed by atoms with Gasteiger partial charge in [0.15, 0.2) is 11.3 Å². The van der Waals surface area contributed by atoms with Crippen LogP contribution in [0.5, 0.6) is 5.75 Å². The molecule has 0 saturated heterocycles. The zero-order valence-corrected chi connectivity index (χ0v) is 8.14. The van der Waals surface area contributed by atoms with Gasteiger partial charge in [-0.15, -0.1) is 0 Å². The highest BCUT2D eigenvalue weighted by Gasteiger charge is 2.11. The van der Waals surface area contributed by atoms with Crippen molar-refractivity contribution in [2.24, 2.45) is 0 Å². The molecule has 0 amide bonds. The van der Waals surface area contributed by atoms with Gasteiger partial charge in [-0.25, -0.2) is 0 Å². The minimum atomic E-state index is 0.0960. The van der Waals surface area contributed by atoms with Crippen LogP contribution in [0.3, 0.4) is 0 Å². The minimum absolute atomic E-state index is 0.0960. The Morgan fingerprint density at radius 1 is 1.31 bits per heavy atom. The second-order valence-electron chi connectivity index (χ2n) is 3.08. The summed E-state index contributed by atoms with van der Waals surface area (Å²) >= 11 is 5.80. The lowest BCUT2D eigenvalue weighted by Crippen LogP contribution is -1.72. The average Bonchev–Trinajstić information content (AvgIpc) is 2.32. The van der Waals surface area contributed by atoms with Gasteiger partial charge in [-0.2, -0.15) is 0 Å². The van der Waals surface area contributed by atoms with Crippen molar-refractivity contribution in [2.75, 3.05) is 0 Å². The highest BCUT2D eigenvalue weighted by molar-refractivity contribution is 6.31. The quantitative estimate of drug-likeness (QED) is 0.701. The minimum Gasteiger partial charge on any atom is -0.504 e. The zero-order chi connectivity index (χ0) is 9.59. The third-order valence-electron chi connectivity index (χ3n) is 2.22. The fraction of sp³-hybridized carbons (Fsp3) is 0.200. The molecule has 0 atom stereocenters. The van der Waals surface area contributed by atoms with Crippen LogP contribution in [0.1, 0.15) is 11.3 Å². The number of benzene rings is 1. The first-order chi connectivity index (χ1) is 6.09. The van der Waals surface area contributed by atoms with Crippen molar-refractivity contribution in [1.82, 2.24) is 0 Å². The molecule has 1 aromatic carbocycles. The van der Waals surface area contributed by atoms with Crippen LogP contribution in [0, 0.1) is 13.8 Å². The Morgan fingerprint density at radius 3 is 2.69 bits per heavy atom. The van der Waals surface area contributed by atoms with E-state index >= 15 is 0 Å². The van der Waals surface area contributed by atoms with Crippen molar-refractivity contribution >= 4 is 22.6 Å². The van der Waals surface area contributed by atoms with Crippen molar-refractivity contribution in [1.29, 1.82) is 0 Å². The van der Waals surface area contributed by atoms with Gasteiger partial charge in [0, 0.05) is 16.5 Å². The highest BCUT2D eigenvalue weighted by Crippen LogP contribution is 2.34. The van der Waals surface area contributed by atoms with Gasteiger partial charge in [0.1, 0.15) is 5.76 Å². The monoisotopic (exact) mass is 196 g/mol. The van der Waals surface area contributed by atoms with Crippen LogP contribution >= 0.6 is 11.6 Å². The lowest BCUT2D eigenvalue weighted by molar-refractivity contribution is 0.461. The SMILES string of the molecule is Cc1oc2c(O)cc(Cl)cc2c1C. The van der Waals surface area contributed by atoms with Crippen LogP contribution in [-0.2, 0) is 0 Å². The van der Waals surface area contributed by atoms with E-state index < -0.39 is 0 Å². The van der Waals surface area contributed by atoms with E-state index in [1.807, 2.05) is 13.8 Å². The summed E-state index contributed by atoms with van der Waals surface area (Å²) in [5, 5.41) is 10.9. The van der Waals surface area contributed by atoms with Gasteiger partial charge in [0.05, 0.1) is 0 Å². The molecular formula is C10H9ClO2.